The smallest absolute Gasteiger partial charge is 0.251 e. The number of carbonyl (C=O) groups is 2. The van der Waals surface area contributed by atoms with Crippen molar-refractivity contribution in [2.24, 2.45) is 5.92 Å². The summed E-state index contributed by atoms with van der Waals surface area (Å²) in [5.41, 5.74) is 1.53. The molecule has 5 heteroatoms. The van der Waals surface area contributed by atoms with Crippen LogP contribution in [0.25, 0.3) is 0 Å². The van der Waals surface area contributed by atoms with E-state index in [-0.39, 0.29) is 18.4 Å². The molecule has 2 amide bonds. The molecule has 2 N–H and O–H groups in total. The molecule has 19 heavy (non-hydrogen) atoms. The van der Waals surface area contributed by atoms with E-state index in [2.05, 4.69) is 26.6 Å². The van der Waals surface area contributed by atoms with Crippen molar-refractivity contribution in [1.29, 1.82) is 0 Å². The Morgan fingerprint density at radius 1 is 1.21 bits per heavy atom. The first kappa shape index (κ1) is 15.7. The topological polar surface area (TPSA) is 58.2 Å². The van der Waals surface area contributed by atoms with Crippen molar-refractivity contribution < 1.29 is 9.59 Å². The predicted molar refractivity (Wildman–Crippen MR) is 79.1 cm³/mol. The van der Waals surface area contributed by atoms with Gasteiger partial charge in [0.1, 0.15) is 0 Å². The van der Waals surface area contributed by atoms with Crippen LogP contribution in [0.2, 0.25) is 0 Å². The fraction of sp³-hybridized carbons (Fsp3) is 0.429. The van der Waals surface area contributed by atoms with E-state index in [1.165, 1.54) is 0 Å². The SMILES string of the molecule is Cc1cc(Br)cc(C(=O)NCC(=O)NCC(C)C)c1. The van der Waals surface area contributed by atoms with Crippen LogP contribution in [0, 0.1) is 12.8 Å². The third kappa shape index (κ3) is 5.87. The second kappa shape index (κ2) is 7.28. The molecule has 0 unspecified atom stereocenters. The highest BCUT2D eigenvalue weighted by Gasteiger charge is 2.09. The second-order valence-corrected chi connectivity index (χ2v) is 5.81. The van der Waals surface area contributed by atoms with E-state index in [0.29, 0.717) is 18.0 Å². The molecule has 4 nitrogen and oxygen atoms in total. The number of halogens is 1. The van der Waals surface area contributed by atoms with Gasteiger partial charge in [-0.3, -0.25) is 9.59 Å². The normalized spacial score (nSPS) is 10.4. The summed E-state index contributed by atoms with van der Waals surface area (Å²) < 4.78 is 0.849. The zero-order valence-corrected chi connectivity index (χ0v) is 13.0. The summed E-state index contributed by atoms with van der Waals surface area (Å²) >= 11 is 3.34. The number of carbonyl (C=O) groups excluding carboxylic acids is 2. The average Bonchev–Trinajstić information content (AvgIpc) is 2.32. The quantitative estimate of drug-likeness (QED) is 0.872. The molecule has 0 heterocycles. The largest absolute Gasteiger partial charge is 0.354 e. The molecule has 0 fully saturated rings. The lowest BCUT2D eigenvalue weighted by Crippen LogP contribution is -2.38. The van der Waals surface area contributed by atoms with Gasteiger partial charge in [-0.25, -0.2) is 0 Å². The van der Waals surface area contributed by atoms with E-state index in [1.54, 1.807) is 12.1 Å². The predicted octanol–water partition coefficient (Wildman–Crippen LogP) is 2.26. The Hall–Kier alpha value is -1.36. The minimum absolute atomic E-state index is 0.00286. The third-order valence-corrected chi connectivity index (χ3v) is 2.88. The molecule has 0 aliphatic carbocycles. The number of hydrogen-bond donors (Lipinski definition) is 2. The fourth-order valence-electron chi connectivity index (χ4n) is 1.51. The van der Waals surface area contributed by atoms with Crippen molar-refractivity contribution in [3.05, 3.63) is 33.8 Å². The number of rotatable bonds is 5. The van der Waals surface area contributed by atoms with Gasteiger partial charge in [0.05, 0.1) is 6.54 Å². The van der Waals surface area contributed by atoms with Gasteiger partial charge < -0.3 is 10.6 Å². The van der Waals surface area contributed by atoms with Gasteiger partial charge in [0.15, 0.2) is 0 Å². The van der Waals surface area contributed by atoms with Gasteiger partial charge >= 0.3 is 0 Å². The lowest BCUT2D eigenvalue weighted by molar-refractivity contribution is -0.120. The van der Waals surface area contributed by atoms with Gasteiger partial charge in [0.25, 0.3) is 5.91 Å². The lowest BCUT2D eigenvalue weighted by atomic mass is 10.1. The number of aryl methyl sites for hydroxylation is 1. The van der Waals surface area contributed by atoms with Gasteiger partial charge in [-0.15, -0.1) is 0 Å². The summed E-state index contributed by atoms with van der Waals surface area (Å²) in [4.78, 5) is 23.4. The van der Waals surface area contributed by atoms with E-state index in [1.807, 2.05) is 26.8 Å². The highest BCUT2D eigenvalue weighted by atomic mass is 79.9. The number of amides is 2. The van der Waals surface area contributed by atoms with Crippen molar-refractivity contribution in [2.45, 2.75) is 20.8 Å². The molecule has 0 bridgehead atoms. The minimum Gasteiger partial charge on any atom is -0.354 e. The maximum Gasteiger partial charge on any atom is 0.251 e. The molecule has 0 aromatic heterocycles. The molecule has 0 atom stereocenters. The van der Waals surface area contributed by atoms with Crippen molar-refractivity contribution in [3.8, 4) is 0 Å². The molecule has 1 rings (SSSR count). The monoisotopic (exact) mass is 326 g/mol. The number of benzene rings is 1. The molecule has 0 aliphatic rings. The van der Waals surface area contributed by atoms with Crippen LogP contribution in [-0.2, 0) is 4.79 Å². The first-order chi connectivity index (χ1) is 8.88. The molecule has 1 aromatic rings. The number of nitrogens with one attached hydrogen (secondary N) is 2. The van der Waals surface area contributed by atoms with Gasteiger partial charge in [0.2, 0.25) is 5.91 Å². The summed E-state index contributed by atoms with van der Waals surface area (Å²) in [6.07, 6.45) is 0. The van der Waals surface area contributed by atoms with Crippen LogP contribution in [0.5, 0.6) is 0 Å². The molecule has 0 radical (unpaired) electrons. The molecule has 1 aromatic carbocycles. The summed E-state index contributed by atoms with van der Waals surface area (Å²) in [7, 11) is 0. The average molecular weight is 327 g/mol. The molecule has 104 valence electrons. The zero-order chi connectivity index (χ0) is 14.4. The van der Waals surface area contributed by atoms with Crippen molar-refractivity contribution >= 4 is 27.7 Å². The molecule has 0 spiro atoms. The molecular weight excluding hydrogens is 308 g/mol. The molecule has 0 saturated heterocycles. The summed E-state index contributed by atoms with van der Waals surface area (Å²) in [6, 6.07) is 5.44. The highest BCUT2D eigenvalue weighted by Crippen LogP contribution is 2.15. The summed E-state index contributed by atoms with van der Waals surface area (Å²) in [6.45, 7) is 6.56. The van der Waals surface area contributed by atoms with Crippen LogP contribution >= 0.6 is 15.9 Å². The maximum absolute atomic E-state index is 11.9. The summed E-state index contributed by atoms with van der Waals surface area (Å²) in [5, 5.41) is 5.35. The van der Waals surface area contributed by atoms with E-state index >= 15 is 0 Å². The van der Waals surface area contributed by atoms with Crippen LogP contribution in [0.4, 0.5) is 0 Å². The minimum atomic E-state index is -0.246. The zero-order valence-electron chi connectivity index (χ0n) is 11.4. The fourth-order valence-corrected chi connectivity index (χ4v) is 2.12. The van der Waals surface area contributed by atoms with Gasteiger partial charge in [-0.05, 0) is 36.6 Å². The van der Waals surface area contributed by atoms with Crippen molar-refractivity contribution in [3.63, 3.8) is 0 Å². The Morgan fingerprint density at radius 2 is 1.89 bits per heavy atom. The van der Waals surface area contributed by atoms with Crippen LogP contribution in [0.15, 0.2) is 22.7 Å². The van der Waals surface area contributed by atoms with Crippen LogP contribution in [0.3, 0.4) is 0 Å². The maximum atomic E-state index is 11.9. The van der Waals surface area contributed by atoms with E-state index in [4.69, 9.17) is 0 Å². The Bertz CT molecular complexity index is 452. The standard InChI is InChI=1S/C14H19BrN2O2/c1-9(2)7-16-13(18)8-17-14(19)11-4-10(3)5-12(15)6-11/h4-6,9H,7-8H2,1-3H3,(H,16,18)(H,17,19). The first-order valence-corrected chi connectivity index (χ1v) is 7.00. The van der Waals surface area contributed by atoms with Crippen LogP contribution < -0.4 is 10.6 Å². The molecule has 0 aliphatic heterocycles. The number of hydrogen-bond acceptors (Lipinski definition) is 2. The van der Waals surface area contributed by atoms with Gasteiger partial charge in [-0.2, -0.15) is 0 Å². The Morgan fingerprint density at radius 3 is 2.47 bits per heavy atom. The van der Waals surface area contributed by atoms with Gasteiger partial charge in [-0.1, -0.05) is 29.8 Å². The van der Waals surface area contributed by atoms with Crippen LogP contribution in [-0.4, -0.2) is 24.9 Å². The lowest BCUT2D eigenvalue weighted by Gasteiger charge is -2.09. The molecular formula is C14H19BrN2O2. The second-order valence-electron chi connectivity index (χ2n) is 4.90. The van der Waals surface area contributed by atoms with Crippen molar-refractivity contribution in [2.75, 3.05) is 13.1 Å². The Balaban J connectivity index is 2.49. The molecule has 0 saturated carbocycles. The Labute approximate surface area is 122 Å². The summed E-state index contributed by atoms with van der Waals surface area (Å²) in [5.74, 6) is -0.0229. The van der Waals surface area contributed by atoms with E-state index in [0.717, 1.165) is 10.0 Å². The third-order valence-electron chi connectivity index (χ3n) is 2.42. The van der Waals surface area contributed by atoms with Crippen molar-refractivity contribution in [1.82, 2.24) is 10.6 Å². The van der Waals surface area contributed by atoms with Crippen LogP contribution in [0.1, 0.15) is 29.8 Å². The van der Waals surface area contributed by atoms with Gasteiger partial charge in [0, 0.05) is 16.6 Å². The van der Waals surface area contributed by atoms with E-state index < -0.39 is 0 Å². The Kier molecular flexibility index (Phi) is 6.02. The van der Waals surface area contributed by atoms with E-state index in [9.17, 15) is 9.59 Å². The first-order valence-electron chi connectivity index (χ1n) is 6.20. The highest BCUT2D eigenvalue weighted by molar-refractivity contribution is 9.10.